The maximum Gasteiger partial charge on any atom is 0.232 e. The van der Waals surface area contributed by atoms with Crippen LogP contribution >= 0.6 is 11.6 Å². The van der Waals surface area contributed by atoms with Gasteiger partial charge < -0.3 is 9.47 Å². The fourth-order valence-electron chi connectivity index (χ4n) is 1.35. The van der Waals surface area contributed by atoms with Gasteiger partial charge in [-0.3, -0.25) is 4.72 Å². The molecule has 7 heteroatoms. The van der Waals surface area contributed by atoms with E-state index < -0.39 is 10.0 Å². The van der Waals surface area contributed by atoms with E-state index in [1.807, 2.05) is 0 Å². The quantitative estimate of drug-likeness (QED) is 0.782. The van der Waals surface area contributed by atoms with Crippen LogP contribution in [0.5, 0.6) is 11.5 Å². The summed E-state index contributed by atoms with van der Waals surface area (Å²) in [6, 6.07) is 4.86. The highest BCUT2D eigenvalue weighted by Gasteiger charge is 2.13. The Hall–Kier alpha value is -1.14. The van der Waals surface area contributed by atoms with Gasteiger partial charge in [0.05, 0.1) is 25.7 Å². The van der Waals surface area contributed by atoms with E-state index in [0.29, 0.717) is 29.5 Å². The molecule has 1 N–H and O–H groups in total. The largest absolute Gasteiger partial charge is 0.497 e. The van der Waals surface area contributed by atoms with Crippen molar-refractivity contribution in [3.63, 3.8) is 0 Å². The smallest absolute Gasteiger partial charge is 0.232 e. The zero-order chi connectivity index (χ0) is 13.6. The topological polar surface area (TPSA) is 64.6 Å². The van der Waals surface area contributed by atoms with E-state index in [0.717, 1.165) is 0 Å². The predicted molar refractivity (Wildman–Crippen MR) is 72.3 cm³/mol. The number of sulfonamides is 1. The Morgan fingerprint density at radius 2 is 2.00 bits per heavy atom. The highest BCUT2D eigenvalue weighted by Crippen LogP contribution is 2.29. The molecule has 1 aromatic carbocycles. The second-order valence-electron chi connectivity index (χ2n) is 3.53. The van der Waals surface area contributed by atoms with Crippen molar-refractivity contribution < 1.29 is 17.9 Å². The first kappa shape index (κ1) is 14.9. The molecule has 0 heterocycles. The van der Waals surface area contributed by atoms with Gasteiger partial charge in [-0.2, -0.15) is 0 Å². The molecule has 0 unspecified atom stereocenters. The van der Waals surface area contributed by atoms with E-state index >= 15 is 0 Å². The fraction of sp³-hybridized carbons (Fsp3) is 0.455. The monoisotopic (exact) mass is 293 g/mol. The Balaban J connectivity index is 2.90. The number of hydrogen-bond donors (Lipinski definition) is 1. The van der Waals surface area contributed by atoms with Crippen LogP contribution in [0.1, 0.15) is 6.42 Å². The first-order valence-corrected chi connectivity index (χ1v) is 7.49. The molecule has 0 aromatic heterocycles. The Kier molecular flexibility index (Phi) is 5.55. The van der Waals surface area contributed by atoms with Crippen LogP contribution in [0.4, 0.5) is 5.69 Å². The van der Waals surface area contributed by atoms with Gasteiger partial charge in [-0.05, 0) is 18.6 Å². The van der Waals surface area contributed by atoms with Crippen LogP contribution in [0.2, 0.25) is 0 Å². The van der Waals surface area contributed by atoms with Crippen LogP contribution in [0.25, 0.3) is 0 Å². The molecule has 0 spiro atoms. The van der Waals surface area contributed by atoms with Gasteiger partial charge in [-0.1, -0.05) is 0 Å². The van der Waals surface area contributed by atoms with Crippen molar-refractivity contribution >= 4 is 27.3 Å². The zero-order valence-corrected chi connectivity index (χ0v) is 11.8. The van der Waals surface area contributed by atoms with Gasteiger partial charge >= 0.3 is 0 Å². The second kappa shape index (κ2) is 6.70. The third-order valence-corrected chi connectivity index (χ3v) is 3.85. The van der Waals surface area contributed by atoms with Crippen molar-refractivity contribution in [2.45, 2.75) is 6.42 Å². The van der Waals surface area contributed by atoms with Crippen molar-refractivity contribution in [1.82, 2.24) is 0 Å². The van der Waals surface area contributed by atoms with Crippen LogP contribution in [0.15, 0.2) is 18.2 Å². The third-order valence-electron chi connectivity index (χ3n) is 2.22. The van der Waals surface area contributed by atoms with E-state index in [-0.39, 0.29) is 5.75 Å². The first-order valence-electron chi connectivity index (χ1n) is 5.31. The maximum atomic E-state index is 11.7. The van der Waals surface area contributed by atoms with E-state index in [1.165, 1.54) is 14.2 Å². The molecule has 0 amide bonds. The summed E-state index contributed by atoms with van der Waals surface area (Å²) in [7, 11) is -0.414. The van der Waals surface area contributed by atoms with Gasteiger partial charge in [0.2, 0.25) is 10.0 Å². The number of benzene rings is 1. The van der Waals surface area contributed by atoms with Crippen molar-refractivity contribution in [3.8, 4) is 11.5 Å². The Labute approximate surface area is 112 Å². The summed E-state index contributed by atoms with van der Waals surface area (Å²) in [5.41, 5.74) is 0.382. The molecule has 5 nitrogen and oxygen atoms in total. The summed E-state index contributed by atoms with van der Waals surface area (Å²) < 4.78 is 36.0. The molecule has 0 fully saturated rings. The average Bonchev–Trinajstić information content (AvgIpc) is 2.36. The summed E-state index contributed by atoms with van der Waals surface area (Å²) >= 11 is 5.48. The molecule has 0 saturated heterocycles. The molecule has 0 aliphatic carbocycles. The lowest BCUT2D eigenvalue weighted by atomic mass is 10.3. The lowest BCUT2D eigenvalue weighted by molar-refractivity contribution is 0.395. The maximum absolute atomic E-state index is 11.7. The number of methoxy groups -OCH3 is 2. The third kappa shape index (κ3) is 4.27. The molecule has 0 radical (unpaired) electrons. The standard InChI is InChI=1S/C11H16ClNO4S/c1-16-9-4-5-10(11(8-9)17-2)13-18(14,15)7-3-6-12/h4-5,8,13H,3,6-7H2,1-2H3. The molecule has 0 atom stereocenters. The zero-order valence-electron chi connectivity index (χ0n) is 10.3. The number of ether oxygens (including phenoxy) is 2. The Morgan fingerprint density at radius 1 is 1.28 bits per heavy atom. The van der Waals surface area contributed by atoms with Crippen LogP contribution in [0, 0.1) is 0 Å². The number of halogens is 1. The molecule has 18 heavy (non-hydrogen) atoms. The van der Waals surface area contributed by atoms with Crippen molar-refractivity contribution in [2.24, 2.45) is 0 Å². The summed E-state index contributed by atoms with van der Waals surface area (Å²) in [5, 5.41) is 0. The SMILES string of the molecule is COc1ccc(NS(=O)(=O)CCCCl)c(OC)c1. The fourth-order valence-corrected chi connectivity index (χ4v) is 2.77. The number of hydrogen-bond acceptors (Lipinski definition) is 4. The van der Waals surface area contributed by atoms with E-state index in [9.17, 15) is 8.42 Å². The summed E-state index contributed by atoms with van der Waals surface area (Å²) in [4.78, 5) is 0. The molecule has 0 aliphatic rings. The highest BCUT2D eigenvalue weighted by molar-refractivity contribution is 7.92. The molecule has 0 saturated carbocycles. The summed E-state index contributed by atoms with van der Waals surface area (Å²) in [6.45, 7) is 0. The van der Waals surface area contributed by atoms with E-state index in [1.54, 1.807) is 18.2 Å². The van der Waals surface area contributed by atoms with Crippen LogP contribution < -0.4 is 14.2 Å². The minimum absolute atomic E-state index is 0.0221. The number of nitrogens with one attached hydrogen (secondary N) is 1. The van der Waals surface area contributed by atoms with Crippen LogP contribution in [-0.4, -0.2) is 34.3 Å². The van der Waals surface area contributed by atoms with Crippen molar-refractivity contribution in [3.05, 3.63) is 18.2 Å². The molecule has 0 bridgehead atoms. The van der Waals surface area contributed by atoms with E-state index in [2.05, 4.69) is 4.72 Å². The molecule has 102 valence electrons. The summed E-state index contributed by atoms with van der Waals surface area (Å²) in [6.07, 6.45) is 0.398. The van der Waals surface area contributed by atoms with Crippen LogP contribution in [-0.2, 0) is 10.0 Å². The van der Waals surface area contributed by atoms with E-state index in [4.69, 9.17) is 21.1 Å². The van der Waals surface area contributed by atoms with Crippen LogP contribution in [0.3, 0.4) is 0 Å². The molecular weight excluding hydrogens is 278 g/mol. The minimum Gasteiger partial charge on any atom is -0.497 e. The minimum atomic E-state index is -3.40. The first-order chi connectivity index (χ1) is 8.52. The van der Waals surface area contributed by atoms with Gasteiger partial charge in [0.15, 0.2) is 0 Å². The predicted octanol–water partition coefficient (Wildman–Crippen LogP) is 2.07. The van der Waals surface area contributed by atoms with Gasteiger partial charge in [0.1, 0.15) is 11.5 Å². The number of anilines is 1. The van der Waals surface area contributed by atoms with Crippen molar-refractivity contribution in [1.29, 1.82) is 0 Å². The van der Waals surface area contributed by atoms with Gasteiger partial charge in [-0.25, -0.2) is 8.42 Å². The lowest BCUT2D eigenvalue weighted by Crippen LogP contribution is -2.17. The number of alkyl halides is 1. The molecule has 0 aliphatic heterocycles. The average molecular weight is 294 g/mol. The number of rotatable bonds is 7. The van der Waals surface area contributed by atoms with Crippen molar-refractivity contribution in [2.75, 3.05) is 30.6 Å². The van der Waals surface area contributed by atoms with Gasteiger partial charge in [0.25, 0.3) is 0 Å². The summed E-state index contributed by atoms with van der Waals surface area (Å²) in [5.74, 6) is 1.28. The molecule has 1 aromatic rings. The Bertz CT molecular complexity index is 490. The van der Waals surface area contributed by atoms with Gasteiger partial charge in [-0.15, -0.1) is 11.6 Å². The molecular formula is C11H16ClNO4S. The highest BCUT2D eigenvalue weighted by atomic mass is 35.5. The normalized spacial score (nSPS) is 11.1. The Morgan fingerprint density at radius 3 is 2.56 bits per heavy atom. The molecule has 1 rings (SSSR count). The lowest BCUT2D eigenvalue weighted by Gasteiger charge is -2.12. The van der Waals surface area contributed by atoms with Gasteiger partial charge in [0, 0.05) is 11.9 Å². The second-order valence-corrected chi connectivity index (χ2v) is 5.75.